The Labute approximate surface area is 137 Å². The van der Waals surface area contributed by atoms with E-state index in [1.807, 2.05) is 31.2 Å². The van der Waals surface area contributed by atoms with Gasteiger partial charge in [-0.05, 0) is 19.1 Å². The number of hydrogen-bond donors (Lipinski definition) is 0. The summed E-state index contributed by atoms with van der Waals surface area (Å²) in [7, 11) is 0. The molecule has 1 fully saturated rings. The highest BCUT2D eigenvalue weighted by Crippen LogP contribution is 2.34. The largest absolute Gasteiger partial charge is 0.550 e. The fourth-order valence-corrected chi connectivity index (χ4v) is 3.22. The molecule has 2 rings (SSSR count). The molecular weight excluding hydrogens is 322 g/mol. The van der Waals surface area contributed by atoms with Crippen LogP contribution < -0.4 is 9.84 Å². The Morgan fingerprint density at radius 2 is 2.18 bits per heavy atom. The van der Waals surface area contributed by atoms with Gasteiger partial charge in [0, 0.05) is 24.5 Å². The SMILES string of the molecule is CCOc1ccccc1C=C1SC(=S)N(CCC(=O)[O-])C1=O. The van der Waals surface area contributed by atoms with Crippen LogP contribution in [0, 0.1) is 0 Å². The fourth-order valence-electron chi connectivity index (χ4n) is 1.92. The fraction of sp³-hybridized carbons (Fsp3) is 0.267. The van der Waals surface area contributed by atoms with Crippen LogP contribution in [-0.2, 0) is 9.59 Å². The topological polar surface area (TPSA) is 69.7 Å². The first-order chi connectivity index (χ1) is 10.5. The number of rotatable bonds is 6. The first-order valence-corrected chi connectivity index (χ1v) is 7.92. The van der Waals surface area contributed by atoms with Gasteiger partial charge in [-0.1, -0.05) is 42.2 Å². The van der Waals surface area contributed by atoms with Crippen molar-refractivity contribution in [2.45, 2.75) is 13.3 Å². The molecule has 0 N–H and O–H groups in total. The van der Waals surface area contributed by atoms with Gasteiger partial charge in [0.1, 0.15) is 10.1 Å². The van der Waals surface area contributed by atoms with Gasteiger partial charge in [-0.3, -0.25) is 9.69 Å². The number of thiocarbonyl (C=S) groups is 1. The summed E-state index contributed by atoms with van der Waals surface area (Å²) in [6.45, 7) is 2.44. The summed E-state index contributed by atoms with van der Waals surface area (Å²) in [5, 5.41) is 10.5. The van der Waals surface area contributed by atoms with Gasteiger partial charge in [-0.2, -0.15) is 0 Å². The molecule has 0 bridgehead atoms. The molecule has 0 atom stereocenters. The van der Waals surface area contributed by atoms with E-state index in [9.17, 15) is 14.7 Å². The average Bonchev–Trinajstić information content (AvgIpc) is 2.73. The van der Waals surface area contributed by atoms with Crippen LogP contribution in [0.4, 0.5) is 0 Å². The van der Waals surface area contributed by atoms with Crippen molar-refractivity contribution in [3.05, 3.63) is 34.7 Å². The molecule has 0 radical (unpaired) electrons. The number of hydrogen-bond acceptors (Lipinski definition) is 6. The highest BCUT2D eigenvalue weighted by atomic mass is 32.2. The Hall–Kier alpha value is -1.86. The summed E-state index contributed by atoms with van der Waals surface area (Å²) in [6, 6.07) is 7.38. The summed E-state index contributed by atoms with van der Waals surface area (Å²) in [5.41, 5.74) is 0.782. The van der Waals surface area contributed by atoms with Crippen molar-refractivity contribution >= 4 is 46.3 Å². The molecule has 0 spiro atoms. The van der Waals surface area contributed by atoms with Gasteiger partial charge >= 0.3 is 0 Å². The van der Waals surface area contributed by atoms with Crippen LogP contribution in [0.15, 0.2) is 29.2 Å². The van der Waals surface area contributed by atoms with E-state index >= 15 is 0 Å². The minimum atomic E-state index is -1.21. The van der Waals surface area contributed by atoms with Gasteiger partial charge in [0.15, 0.2) is 0 Å². The number of carbonyl (C=O) groups excluding carboxylic acids is 2. The summed E-state index contributed by atoms with van der Waals surface area (Å²) in [5.74, 6) is -0.813. The Kier molecular flexibility index (Phi) is 5.57. The highest BCUT2D eigenvalue weighted by Gasteiger charge is 2.31. The van der Waals surface area contributed by atoms with Crippen LogP contribution in [0.25, 0.3) is 6.08 Å². The molecule has 1 saturated heterocycles. The molecule has 22 heavy (non-hydrogen) atoms. The summed E-state index contributed by atoms with van der Waals surface area (Å²) in [6.07, 6.45) is 1.47. The van der Waals surface area contributed by atoms with E-state index in [4.69, 9.17) is 17.0 Å². The number of carbonyl (C=O) groups is 2. The molecule has 7 heteroatoms. The molecule has 0 unspecified atom stereocenters. The lowest BCUT2D eigenvalue weighted by atomic mass is 10.2. The number of aliphatic carboxylic acids is 1. The van der Waals surface area contributed by atoms with Crippen LogP contribution in [0.2, 0.25) is 0 Å². The van der Waals surface area contributed by atoms with Crippen molar-refractivity contribution in [1.29, 1.82) is 0 Å². The smallest absolute Gasteiger partial charge is 0.266 e. The van der Waals surface area contributed by atoms with Gasteiger partial charge in [0.25, 0.3) is 5.91 Å². The maximum Gasteiger partial charge on any atom is 0.266 e. The monoisotopic (exact) mass is 336 g/mol. The highest BCUT2D eigenvalue weighted by molar-refractivity contribution is 8.26. The zero-order valence-corrected chi connectivity index (χ0v) is 13.5. The van der Waals surface area contributed by atoms with E-state index in [1.54, 1.807) is 6.08 Å². The second-order valence-corrected chi connectivity index (χ2v) is 6.10. The Morgan fingerprint density at radius 3 is 2.86 bits per heavy atom. The van der Waals surface area contributed by atoms with E-state index < -0.39 is 5.97 Å². The Balaban J connectivity index is 2.21. The van der Waals surface area contributed by atoms with Crippen molar-refractivity contribution < 1.29 is 19.4 Å². The normalized spacial score (nSPS) is 16.4. The van der Waals surface area contributed by atoms with Gasteiger partial charge < -0.3 is 14.6 Å². The van der Waals surface area contributed by atoms with Crippen molar-refractivity contribution in [2.75, 3.05) is 13.2 Å². The number of ether oxygens (including phenoxy) is 1. The molecule has 0 aliphatic carbocycles. The number of amides is 1. The standard InChI is InChI=1S/C15H15NO4S2/c1-2-20-11-6-4-3-5-10(11)9-12-14(19)16(15(21)22-12)8-7-13(17)18/h3-6,9H,2,7-8H2,1H3,(H,17,18)/p-1. The van der Waals surface area contributed by atoms with E-state index in [0.29, 0.717) is 21.6 Å². The number of nitrogens with zero attached hydrogens (tertiary/aromatic N) is 1. The molecular formula is C15H14NO4S2-. The predicted molar refractivity (Wildman–Crippen MR) is 87.1 cm³/mol. The molecule has 1 heterocycles. The Bertz CT molecular complexity index is 642. The number of thioether (sulfide) groups is 1. The molecule has 1 aromatic rings. The summed E-state index contributed by atoms with van der Waals surface area (Å²) < 4.78 is 5.87. The van der Waals surface area contributed by atoms with Gasteiger partial charge in [0.05, 0.1) is 11.5 Å². The van der Waals surface area contributed by atoms with Crippen LogP contribution in [0.5, 0.6) is 5.75 Å². The minimum Gasteiger partial charge on any atom is -0.550 e. The van der Waals surface area contributed by atoms with E-state index in [-0.39, 0.29) is 18.9 Å². The molecule has 0 saturated carbocycles. The zero-order chi connectivity index (χ0) is 16.1. The second-order valence-electron chi connectivity index (χ2n) is 4.43. The first-order valence-electron chi connectivity index (χ1n) is 6.70. The molecule has 1 aliphatic rings. The van der Waals surface area contributed by atoms with Crippen molar-refractivity contribution in [3.8, 4) is 5.75 Å². The summed E-state index contributed by atoms with van der Waals surface area (Å²) >= 11 is 6.28. The lowest BCUT2D eigenvalue weighted by molar-refractivity contribution is -0.305. The van der Waals surface area contributed by atoms with Gasteiger partial charge in [-0.15, -0.1) is 0 Å². The van der Waals surface area contributed by atoms with Gasteiger partial charge in [-0.25, -0.2) is 0 Å². The third-order valence-electron chi connectivity index (χ3n) is 2.92. The van der Waals surface area contributed by atoms with Crippen LogP contribution in [-0.4, -0.2) is 34.2 Å². The third-order valence-corrected chi connectivity index (χ3v) is 4.30. The number of para-hydroxylation sites is 1. The van der Waals surface area contributed by atoms with E-state index in [1.165, 1.54) is 4.90 Å². The zero-order valence-electron chi connectivity index (χ0n) is 11.9. The third kappa shape index (κ3) is 3.86. The number of benzene rings is 1. The lowest BCUT2D eigenvalue weighted by Gasteiger charge is -2.14. The maximum atomic E-state index is 12.3. The summed E-state index contributed by atoms with van der Waals surface area (Å²) in [4.78, 5) is 24.6. The van der Waals surface area contributed by atoms with Crippen LogP contribution in [0.3, 0.4) is 0 Å². The Morgan fingerprint density at radius 1 is 1.45 bits per heavy atom. The van der Waals surface area contributed by atoms with Crippen molar-refractivity contribution in [3.63, 3.8) is 0 Å². The van der Waals surface area contributed by atoms with Crippen molar-refractivity contribution in [1.82, 2.24) is 4.90 Å². The minimum absolute atomic E-state index is 0.0252. The molecule has 1 aromatic carbocycles. The second kappa shape index (κ2) is 7.42. The van der Waals surface area contributed by atoms with E-state index in [2.05, 4.69) is 0 Å². The predicted octanol–water partition coefficient (Wildman–Crippen LogP) is 1.43. The van der Waals surface area contributed by atoms with Gasteiger partial charge in [0.2, 0.25) is 0 Å². The quantitative estimate of drug-likeness (QED) is 0.578. The first kappa shape index (κ1) is 16.5. The van der Waals surface area contributed by atoms with Crippen LogP contribution >= 0.6 is 24.0 Å². The van der Waals surface area contributed by atoms with Crippen LogP contribution in [0.1, 0.15) is 18.9 Å². The molecule has 0 aromatic heterocycles. The molecule has 1 aliphatic heterocycles. The molecule has 116 valence electrons. The molecule has 5 nitrogen and oxygen atoms in total. The average molecular weight is 336 g/mol. The van der Waals surface area contributed by atoms with E-state index in [0.717, 1.165) is 17.3 Å². The van der Waals surface area contributed by atoms with Crippen molar-refractivity contribution in [2.24, 2.45) is 0 Å². The molecule has 1 amide bonds. The maximum absolute atomic E-state index is 12.3. The number of carboxylic acids is 1. The number of carboxylic acid groups (broad SMARTS) is 1. The lowest BCUT2D eigenvalue weighted by Crippen LogP contribution is -2.33.